The molecule has 0 saturated heterocycles. The second-order valence-electron chi connectivity index (χ2n) is 4.47. The lowest BCUT2D eigenvalue weighted by Crippen LogP contribution is -2.47. The van der Waals surface area contributed by atoms with Gasteiger partial charge in [0.15, 0.2) is 0 Å². The maximum absolute atomic E-state index is 9.48. The summed E-state index contributed by atoms with van der Waals surface area (Å²) in [5, 5.41) is 17.9. The molecule has 0 aromatic carbocycles. The minimum atomic E-state index is -0.221. The van der Waals surface area contributed by atoms with E-state index in [0.717, 1.165) is 24.2 Å². The Kier molecular flexibility index (Phi) is 4.98. The lowest BCUT2D eigenvalue weighted by Gasteiger charge is -2.31. The lowest BCUT2D eigenvalue weighted by atomic mass is 9.94. The van der Waals surface area contributed by atoms with Crippen molar-refractivity contribution in [3.63, 3.8) is 0 Å². The van der Waals surface area contributed by atoms with Crippen molar-refractivity contribution < 1.29 is 5.11 Å². The maximum atomic E-state index is 9.48. The second kappa shape index (κ2) is 5.85. The van der Waals surface area contributed by atoms with Crippen LogP contribution in [-0.2, 0) is 13.6 Å². The highest BCUT2D eigenvalue weighted by Gasteiger charge is 2.25. The first-order chi connectivity index (χ1) is 7.99. The van der Waals surface area contributed by atoms with Crippen LogP contribution in [0.1, 0.15) is 38.1 Å². The number of aryl methyl sites for hydroxylation is 2. The van der Waals surface area contributed by atoms with E-state index < -0.39 is 0 Å². The molecule has 0 saturated carbocycles. The van der Waals surface area contributed by atoms with E-state index in [9.17, 15) is 5.11 Å². The summed E-state index contributed by atoms with van der Waals surface area (Å²) < 4.78 is 1.79. The van der Waals surface area contributed by atoms with Crippen LogP contribution in [0.25, 0.3) is 0 Å². The zero-order valence-electron chi connectivity index (χ0n) is 11.0. The molecule has 1 aromatic rings. The molecule has 0 bridgehead atoms. The van der Waals surface area contributed by atoms with Crippen LogP contribution in [0.4, 0.5) is 0 Å². The smallest absolute Gasteiger partial charge is 0.0860 e. The van der Waals surface area contributed by atoms with E-state index >= 15 is 0 Å². The Labute approximate surface area is 108 Å². The molecule has 1 rings (SSSR count). The minimum absolute atomic E-state index is 0.133. The van der Waals surface area contributed by atoms with E-state index in [-0.39, 0.29) is 12.1 Å². The number of aliphatic hydroxyl groups is 1. The van der Waals surface area contributed by atoms with Gasteiger partial charge < -0.3 is 10.4 Å². The summed E-state index contributed by atoms with van der Waals surface area (Å²) in [6.07, 6.45) is 1.77. The summed E-state index contributed by atoms with van der Waals surface area (Å²) in [6.45, 7) is 6.79. The second-order valence-corrected chi connectivity index (χ2v) is 4.85. The topological polar surface area (TPSA) is 50.1 Å². The van der Waals surface area contributed by atoms with Crippen LogP contribution in [0.5, 0.6) is 0 Å². The van der Waals surface area contributed by atoms with Gasteiger partial charge in [0, 0.05) is 19.1 Å². The number of hydrogen-bond acceptors (Lipinski definition) is 3. The van der Waals surface area contributed by atoms with Gasteiger partial charge in [-0.15, -0.1) is 0 Å². The van der Waals surface area contributed by atoms with Gasteiger partial charge in [0.05, 0.1) is 23.0 Å². The molecule has 4 nitrogen and oxygen atoms in total. The Morgan fingerprint density at radius 3 is 2.35 bits per heavy atom. The summed E-state index contributed by atoms with van der Waals surface area (Å²) >= 11 is 6.19. The molecule has 1 heterocycles. The van der Waals surface area contributed by atoms with Gasteiger partial charge in [-0.3, -0.25) is 4.68 Å². The van der Waals surface area contributed by atoms with E-state index in [1.807, 2.05) is 14.0 Å². The highest BCUT2D eigenvalue weighted by Crippen LogP contribution is 2.21. The average molecular weight is 260 g/mol. The van der Waals surface area contributed by atoms with Crippen molar-refractivity contribution in [2.45, 2.75) is 45.7 Å². The molecule has 0 aliphatic rings. The third-order valence-corrected chi connectivity index (χ3v) is 4.04. The molecule has 0 aliphatic carbocycles. The van der Waals surface area contributed by atoms with E-state index in [0.29, 0.717) is 11.6 Å². The third kappa shape index (κ3) is 3.00. The molecule has 0 radical (unpaired) electrons. The molecule has 0 amide bonds. The number of nitrogens with one attached hydrogen (secondary N) is 1. The van der Waals surface area contributed by atoms with Crippen molar-refractivity contribution in [1.29, 1.82) is 0 Å². The van der Waals surface area contributed by atoms with E-state index in [2.05, 4.69) is 24.3 Å². The highest BCUT2D eigenvalue weighted by molar-refractivity contribution is 6.31. The molecule has 2 N–H and O–H groups in total. The van der Waals surface area contributed by atoms with Crippen LogP contribution in [0, 0.1) is 6.92 Å². The third-order valence-electron chi connectivity index (χ3n) is 3.55. The van der Waals surface area contributed by atoms with Gasteiger partial charge in [-0.25, -0.2) is 0 Å². The zero-order chi connectivity index (χ0) is 13.1. The average Bonchev–Trinajstić information content (AvgIpc) is 2.57. The van der Waals surface area contributed by atoms with Gasteiger partial charge in [-0.2, -0.15) is 5.10 Å². The normalized spacial score (nSPS) is 12.1. The van der Waals surface area contributed by atoms with Gasteiger partial charge in [0.25, 0.3) is 0 Å². The Morgan fingerprint density at radius 2 is 2.00 bits per heavy atom. The molecular weight excluding hydrogens is 238 g/mol. The SMILES string of the molecule is CCC(CC)(CO)NCc1c(Cl)c(C)nn1C. The predicted molar refractivity (Wildman–Crippen MR) is 70.2 cm³/mol. The minimum Gasteiger partial charge on any atom is -0.394 e. The van der Waals surface area contributed by atoms with Crippen LogP contribution in [0.2, 0.25) is 5.02 Å². The summed E-state index contributed by atoms with van der Waals surface area (Å²) in [7, 11) is 1.88. The van der Waals surface area contributed by atoms with Crippen LogP contribution < -0.4 is 5.32 Å². The molecule has 0 atom stereocenters. The molecule has 98 valence electrons. The van der Waals surface area contributed by atoms with Crippen LogP contribution in [-0.4, -0.2) is 27.0 Å². The van der Waals surface area contributed by atoms with Gasteiger partial charge in [-0.05, 0) is 19.8 Å². The molecule has 0 fully saturated rings. The Bertz CT molecular complexity index is 364. The number of rotatable bonds is 6. The molecule has 17 heavy (non-hydrogen) atoms. The van der Waals surface area contributed by atoms with Gasteiger partial charge in [0.1, 0.15) is 0 Å². The molecule has 1 aromatic heterocycles. The van der Waals surface area contributed by atoms with Crippen LogP contribution in [0.15, 0.2) is 0 Å². The van der Waals surface area contributed by atoms with Crippen molar-refractivity contribution in [3.05, 3.63) is 16.4 Å². The summed E-state index contributed by atoms with van der Waals surface area (Å²) in [6, 6.07) is 0. The molecule has 0 unspecified atom stereocenters. The fourth-order valence-electron chi connectivity index (χ4n) is 1.92. The fraction of sp³-hybridized carbons (Fsp3) is 0.750. The van der Waals surface area contributed by atoms with Crippen molar-refractivity contribution in [2.24, 2.45) is 7.05 Å². The zero-order valence-corrected chi connectivity index (χ0v) is 11.8. The summed E-state index contributed by atoms with van der Waals surface area (Å²) in [4.78, 5) is 0. The first-order valence-electron chi connectivity index (χ1n) is 6.03. The van der Waals surface area contributed by atoms with E-state index in [1.165, 1.54) is 0 Å². The molecule has 0 spiro atoms. The summed E-state index contributed by atoms with van der Waals surface area (Å²) in [5.41, 5.74) is 1.58. The van der Waals surface area contributed by atoms with E-state index in [1.54, 1.807) is 4.68 Å². The first kappa shape index (κ1) is 14.5. The van der Waals surface area contributed by atoms with Crippen molar-refractivity contribution in [3.8, 4) is 0 Å². The number of halogens is 1. The molecule has 0 aliphatic heterocycles. The molecular formula is C12H22ClN3O. The monoisotopic (exact) mass is 259 g/mol. The Hall–Kier alpha value is -0.580. The predicted octanol–water partition coefficient (Wildman–Crippen LogP) is 2.02. The quantitative estimate of drug-likeness (QED) is 0.822. The molecule has 5 heteroatoms. The number of aliphatic hydroxyl groups excluding tert-OH is 1. The van der Waals surface area contributed by atoms with Crippen molar-refractivity contribution in [2.75, 3.05) is 6.61 Å². The van der Waals surface area contributed by atoms with Gasteiger partial charge >= 0.3 is 0 Å². The largest absolute Gasteiger partial charge is 0.394 e. The maximum Gasteiger partial charge on any atom is 0.0860 e. The highest BCUT2D eigenvalue weighted by atomic mass is 35.5. The van der Waals surface area contributed by atoms with Crippen molar-refractivity contribution in [1.82, 2.24) is 15.1 Å². The van der Waals surface area contributed by atoms with Gasteiger partial charge in [0.2, 0.25) is 0 Å². The van der Waals surface area contributed by atoms with Gasteiger partial charge in [-0.1, -0.05) is 25.4 Å². The Balaban J connectivity index is 2.79. The first-order valence-corrected chi connectivity index (χ1v) is 6.41. The summed E-state index contributed by atoms with van der Waals surface area (Å²) in [5.74, 6) is 0. The van der Waals surface area contributed by atoms with E-state index in [4.69, 9.17) is 11.6 Å². The van der Waals surface area contributed by atoms with Crippen LogP contribution >= 0.6 is 11.6 Å². The Morgan fingerprint density at radius 1 is 1.41 bits per heavy atom. The number of hydrogen-bond donors (Lipinski definition) is 2. The number of aromatic nitrogens is 2. The van der Waals surface area contributed by atoms with Crippen LogP contribution in [0.3, 0.4) is 0 Å². The lowest BCUT2D eigenvalue weighted by molar-refractivity contribution is 0.148. The van der Waals surface area contributed by atoms with Crippen molar-refractivity contribution >= 4 is 11.6 Å². The fourth-order valence-corrected chi connectivity index (χ4v) is 2.15. The standard InChI is InChI=1S/C12H22ClN3O/c1-5-12(6-2,8-17)14-7-10-11(13)9(3)15-16(10)4/h14,17H,5-8H2,1-4H3. The number of nitrogens with zero attached hydrogens (tertiary/aromatic N) is 2.